The summed E-state index contributed by atoms with van der Waals surface area (Å²) in [5, 5.41) is 8.59. The lowest BCUT2D eigenvalue weighted by molar-refractivity contribution is 0.439. The summed E-state index contributed by atoms with van der Waals surface area (Å²) < 4.78 is 0. The molecule has 1 atom stereocenters. The van der Waals surface area contributed by atoms with Crippen LogP contribution in [-0.2, 0) is 0 Å². The highest BCUT2D eigenvalue weighted by Gasteiger charge is 2.02. The van der Waals surface area contributed by atoms with E-state index in [0.29, 0.717) is 0 Å². The number of hydrogen-bond acceptors (Lipinski definition) is 1. The summed E-state index contributed by atoms with van der Waals surface area (Å²) in [4.78, 5) is 0. The fraction of sp³-hybridized carbons (Fsp3) is 0.733. The Morgan fingerprint density at radius 3 is 2.38 bits per heavy atom. The fourth-order valence-corrected chi connectivity index (χ4v) is 1.80. The summed E-state index contributed by atoms with van der Waals surface area (Å²) in [6, 6.07) is 0. The van der Waals surface area contributed by atoms with Gasteiger partial charge in [-0.2, -0.15) is 0 Å². The first-order chi connectivity index (χ1) is 7.56. The van der Waals surface area contributed by atoms with Crippen LogP contribution in [0.25, 0.3) is 0 Å². The lowest BCUT2D eigenvalue weighted by Crippen LogP contribution is -1.96. The largest absolute Gasteiger partial charge is 0.516 e. The Bertz CT molecular complexity index is 213. The molecule has 0 aliphatic carbocycles. The lowest BCUT2D eigenvalue weighted by atomic mass is 9.96. The van der Waals surface area contributed by atoms with Gasteiger partial charge in [-0.25, -0.2) is 0 Å². The fourth-order valence-electron chi connectivity index (χ4n) is 1.80. The van der Waals surface area contributed by atoms with Gasteiger partial charge in [-0.05, 0) is 37.7 Å². The van der Waals surface area contributed by atoms with Crippen LogP contribution in [0.1, 0.15) is 59.8 Å². The monoisotopic (exact) mass is 224 g/mol. The Hall–Kier alpha value is -0.720. The van der Waals surface area contributed by atoms with Crippen LogP contribution in [0.4, 0.5) is 0 Å². The van der Waals surface area contributed by atoms with Gasteiger partial charge < -0.3 is 5.11 Å². The van der Waals surface area contributed by atoms with Gasteiger partial charge in [0.15, 0.2) is 0 Å². The van der Waals surface area contributed by atoms with E-state index in [1.54, 1.807) is 6.08 Å². The molecule has 0 aromatic carbocycles. The van der Waals surface area contributed by atoms with E-state index in [4.69, 9.17) is 5.11 Å². The zero-order valence-electron chi connectivity index (χ0n) is 11.4. The maximum absolute atomic E-state index is 8.59. The van der Waals surface area contributed by atoms with E-state index >= 15 is 0 Å². The van der Waals surface area contributed by atoms with Crippen LogP contribution in [0.3, 0.4) is 0 Å². The van der Waals surface area contributed by atoms with Crippen molar-refractivity contribution in [3.8, 4) is 0 Å². The molecule has 1 nitrogen and oxygen atoms in total. The molecule has 0 rings (SSSR count). The molecular formula is C15H28O. The second-order valence-electron chi connectivity index (χ2n) is 5.27. The second-order valence-corrected chi connectivity index (χ2v) is 5.27. The molecule has 0 bridgehead atoms. The molecule has 0 aromatic heterocycles. The number of aliphatic hydroxyl groups excluding tert-OH is 1. The number of allylic oxidation sites excluding steroid dienone is 3. The Morgan fingerprint density at radius 1 is 1.12 bits per heavy atom. The minimum atomic E-state index is 0.820. The van der Waals surface area contributed by atoms with Crippen LogP contribution in [-0.4, -0.2) is 5.11 Å². The van der Waals surface area contributed by atoms with E-state index in [2.05, 4.69) is 26.8 Å². The van der Waals surface area contributed by atoms with Crippen LogP contribution in [0.2, 0.25) is 0 Å². The first kappa shape index (κ1) is 15.3. The molecule has 0 amide bonds. The van der Waals surface area contributed by atoms with Crippen molar-refractivity contribution in [1.82, 2.24) is 0 Å². The molecule has 0 radical (unpaired) electrons. The third kappa shape index (κ3) is 9.82. The summed E-state index contributed by atoms with van der Waals surface area (Å²) in [5.74, 6) is 1.66. The van der Waals surface area contributed by atoms with Crippen molar-refractivity contribution >= 4 is 0 Å². The zero-order valence-corrected chi connectivity index (χ0v) is 11.4. The maximum atomic E-state index is 8.59. The first-order valence-electron chi connectivity index (χ1n) is 6.53. The third-order valence-electron chi connectivity index (χ3n) is 2.94. The van der Waals surface area contributed by atoms with E-state index < -0.39 is 0 Å². The summed E-state index contributed by atoms with van der Waals surface area (Å²) >= 11 is 0. The van der Waals surface area contributed by atoms with Crippen molar-refractivity contribution in [1.29, 1.82) is 0 Å². The predicted molar refractivity (Wildman–Crippen MR) is 72.6 cm³/mol. The molecule has 0 fully saturated rings. The van der Waals surface area contributed by atoms with Crippen LogP contribution >= 0.6 is 0 Å². The highest BCUT2D eigenvalue weighted by atomic mass is 16.2. The minimum Gasteiger partial charge on any atom is -0.516 e. The van der Waals surface area contributed by atoms with Gasteiger partial charge in [-0.15, -0.1) is 0 Å². The normalized spacial score (nSPS) is 14.9. The van der Waals surface area contributed by atoms with E-state index in [-0.39, 0.29) is 0 Å². The van der Waals surface area contributed by atoms with Gasteiger partial charge in [0, 0.05) is 0 Å². The molecule has 0 spiro atoms. The van der Waals surface area contributed by atoms with Gasteiger partial charge in [0.25, 0.3) is 0 Å². The van der Waals surface area contributed by atoms with E-state index in [1.807, 2.05) is 6.92 Å². The molecular weight excluding hydrogens is 196 g/mol. The standard InChI is InChI=1S/C15H28O/c1-13(2)7-5-8-14(3)9-6-10-15(4)11-12-16/h10-14,16H,5-9H2,1-4H3. The highest BCUT2D eigenvalue weighted by molar-refractivity contribution is 5.13. The topological polar surface area (TPSA) is 20.2 Å². The quantitative estimate of drug-likeness (QED) is 0.441. The van der Waals surface area contributed by atoms with Crippen molar-refractivity contribution in [2.24, 2.45) is 11.8 Å². The summed E-state index contributed by atoms with van der Waals surface area (Å²) in [5.41, 5.74) is 1.15. The van der Waals surface area contributed by atoms with Crippen molar-refractivity contribution in [2.75, 3.05) is 0 Å². The van der Waals surface area contributed by atoms with Gasteiger partial charge in [-0.3, -0.25) is 0 Å². The van der Waals surface area contributed by atoms with Gasteiger partial charge >= 0.3 is 0 Å². The summed E-state index contributed by atoms with van der Waals surface area (Å²) in [6.07, 6.45) is 11.5. The van der Waals surface area contributed by atoms with Gasteiger partial charge in [0.1, 0.15) is 0 Å². The number of aliphatic hydroxyl groups is 1. The maximum Gasteiger partial charge on any atom is 0.0794 e. The van der Waals surface area contributed by atoms with Crippen molar-refractivity contribution in [2.45, 2.75) is 59.8 Å². The van der Waals surface area contributed by atoms with E-state index in [9.17, 15) is 0 Å². The Kier molecular flexibility index (Phi) is 9.07. The van der Waals surface area contributed by atoms with E-state index in [1.165, 1.54) is 25.7 Å². The van der Waals surface area contributed by atoms with E-state index in [0.717, 1.165) is 30.1 Å². The van der Waals surface area contributed by atoms with Crippen LogP contribution < -0.4 is 0 Å². The van der Waals surface area contributed by atoms with Crippen molar-refractivity contribution in [3.63, 3.8) is 0 Å². The molecule has 1 unspecified atom stereocenters. The molecule has 0 aliphatic rings. The molecule has 0 saturated carbocycles. The van der Waals surface area contributed by atoms with Crippen LogP contribution in [0.5, 0.6) is 0 Å². The summed E-state index contributed by atoms with van der Waals surface area (Å²) in [7, 11) is 0. The molecule has 0 saturated heterocycles. The zero-order chi connectivity index (χ0) is 12.4. The van der Waals surface area contributed by atoms with Crippen molar-refractivity contribution in [3.05, 3.63) is 24.0 Å². The molecule has 16 heavy (non-hydrogen) atoms. The minimum absolute atomic E-state index is 0.820. The number of hydrogen-bond donors (Lipinski definition) is 1. The van der Waals surface area contributed by atoms with Crippen molar-refractivity contribution < 1.29 is 5.11 Å². The third-order valence-corrected chi connectivity index (χ3v) is 2.94. The molecule has 1 N–H and O–H groups in total. The summed E-state index contributed by atoms with van der Waals surface area (Å²) in [6.45, 7) is 8.94. The SMILES string of the molecule is CC(C=CO)=CCCC(C)CCCC(C)C. The molecule has 0 aliphatic heterocycles. The van der Waals surface area contributed by atoms with Gasteiger partial charge in [0.05, 0.1) is 6.26 Å². The molecule has 0 aromatic rings. The smallest absolute Gasteiger partial charge is 0.0794 e. The Balaban J connectivity index is 3.57. The highest BCUT2D eigenvalue weighted by Crippen LogP contribution is 2.17. The number of rotatable bonds is 8. The van der Waals surface area contributed by atoms with Crippen LogP contribution in [0.15, 0.2) is 24.0 Å². The lowest BCUT2D eigenvalue weighted by Gasteiger charge is -2.10. The predicted octanol–water partition coefficient (Wildman–Crippen LogP) is 5.25. The average molecular weight is 224 g/mol. The molecule has 94 valence electrons. The Labute approximate surface area is 101 Å². The van der Waals surface area contributed by atoms with Crippen LogP contribution in [0, 0.1) is 11.8 Å². The molecule has 1 heteroatoms. The van der Waals surface area contributed by atoms with Gasteiger partial charge in [0.2, 0.25) is 0 Å². The second kappa shape index (κ2) is 9.50. The molecule has 0 heterocycles. The first-order valence-corrected chi connectivity index (χ1v) is 6.53. The van der Waals surface area contributed by atoms with Gasteiger partial charge in [-0.1, -0.05) is 51.7 Å². The Morgan fingerprint density at radius 2 is 1.81 bits per heavy atom. The average Bonchev–Trinajstić information content (AvgIpc) is 2.17.